The van der Waals surface area contributed by atoms with E-state index in [0.29, 0.717) is 50.4 Å². The lowest BCUT2D eigenvalue weighted by atomic mass is 9.92. The molecule has 0 fully saturated rings. The molecule has 8 nitrogen and oxygen atoms in total. The summed E-state index contributed by atoms with van der Waals surface area (Å²) in [5.41, 5.74) is 15.4. The lowest BCUT2D eigenvalue weighted by Crippen LogP contribution is -2.04. The Labute approximate surface area is 432 Å². The fraction of sp³-hybridized carbons (Fsp3) is 0.0149. The third-order valence-electron chi connectivity index (χ3n) is 14.3. The van der Waals surface area contributed by atoms with Gasteiger partial charge in [-0.15, -0.1) is 0 Å². The summed E-state index contributed by atoms with van der Waals surface area (Å²) in [4.78, 5) is 8.45. The first kappa shape index (κ1) is 44.9. The van der Waals surface area contributed by atoms with Crippen molar-refractivity contribution in [1.82, 2.24) is 9.13 Å². The van der Waals surface area contributed by atoms with E-state index >= 15 is 0 Å². The minimum absolute atomic E-state index is 0.290. The molecule has 12 rings (SSSR count). The number of nitrogens with zero attached hydrogens (tertiary/aromatic N) is 8. The summed E-state index contributed by atoms with van der Waals surface area (Å²) >= 11 is 0. The molecule has 0 spiro atoms. The Hall–Kier alpha value is -11.3. The third kappa shape index (κ3) is 7.16. The van der Waals surface area contributed by atoms with Crippen molar-refractivity contribution in [2.75, 3.05) is 0 Å². The van der Waals surface area contributed by atoms with Crippen LogP contribution < -0.4 is 0 Å². The lowest BCUT2D eigenvalue weighted by Gasteiger charge is -2.22. The monoisotopic (exact) mass is 952 g/mol. The molecule has 10 aromatic carbocycles. The van der Waals surface area contributed by atoms with E-state index in [2.05, 4.69) is 91.6 Å². The molecule has 2 aromatic heterocycles. The highest BCUT2D eigenvalue weighted by molar-refractivity contribution is 6.15. The Kier molecular flexibility index (Phi) is 10.9. The van der Waals surface area contributed by atoms with Gasteiger partial charge in [-0.25, -0.2) is 9.69 Å². The molecule has 0 atom stereocenters. The van der Waals surface area contributed by atoms with Gasteiger partial charge in [-0.1, -0.05) is 146 Å². The van der Waals surface area contributed by atoms with E-state index in [1.165, 1.54) is 0 Å². The van der Waals surface area contributed by atoms with Gasteiger partial charge in [-0.2, -0.15) is 21.0 Å². The number of aryl methyl sites for hydroxylation is 1. The molecular formula is C67H36N8. The molecule has 2 heterocycles. The standard InChI is InChI=1S/C67H36N8/c1-41-13-12-17-49(40-71)65(41)58-31-32-60(74-61-33-42(50-18-7-4-14-46(50)37-68)23-27-54(61)55-30-26-45(36-62(55)74)53-21-10-11-22-59(53)72-2)66(73-3)67(58)75-63-34-43(51-19-8-5-15-47(51)38-69)24-28-56(63)57-29-25-44(35-64(57)75)52-20-9-6-16-48(52)39-70/h4-36H,1H3. The predicted octanol–water partition coefficient (Wildman–Crippen LogP) is 17.1. The Bertz CT molecular complexity index is 4470. The van der Waals surface area contributed by atoms with Crippen LogP contribution in [0.4, 0.5) is 11.4 Å². The Balaban J connectivity index is 1.27. The normalized spacial score (nSPS) is 10.9. The second-order valence-corrected chi connectivity index (χ2v) is 18.3. The topological polar surface area (TPSA) is 114 Å². The van der Waals surface area contributed by atoms with Gasteiger partial charge in [0.05, 0.1) is 93.1 Å². The second kappa shape index (κ2) is 18.2. The van der Waals surface area contributed by atoms with E-state index < -0.39 is 0 Å². The maximum Gasteiger partial charge on any atom is 0.234 e. The van der Waals surface area contributed by atoms with Crippen LogP contribution in [-0.2, 0) is 0 Å². The van der Waals surface area contributed by atoms with Crippen molar-refractivity contribution < 1.29 is 0 Å². The minimum atomic E-state index is 0.290. The number of para-hydroxylation sites is 1. The molecule has 0 radical (unpaired) electrons. The molecular weight excluding hydrogens is 917 g/mol. The highest BCUT2D eigenvalue weighted by Gasteiger charge is 2.27. The predicted molar refractivity (Wildman–Crippen MR) is 298 cm³/mol. The van der Waals surface area contributed by atoms with Crippen LogP contribution in [0.15, 0.2) is 200 Å². The fourth-order valence-electron chi connectivity index (χ4n) is 10.9. The number of nitriles is 4. The van der Waals surface area contributed by atoms with Crippen LogP contribution in [-0.4, -0.2) is 9.13 Å². The van der Waals surface area contributed by atoms with Crippen molar-refractivity contribution >= 4 is 55.0 Å². The summed E-state index contributed by atoms with van der Waals surface area (Å²) in [6.07, 6.45) is 0. The Morgan fingerprint density at radius 1 is 0.373 bits per heavy atom. The van der Waals surface area contributed by atoms with Crippen molar-refractivity contribution in [1.29, 1.82) is 21.0 Å². The molecule has 0 amide bonds. The van der Waals surface area contributed by atoms with E-state index in [0.717, 1.165) is 93.7 Å². The molecule has 344 valence electrons. The van der Waals surface area contributed by atoms with E-state index in [-0.39, 0.29) is 5.69 Å². The van der Waals surface area contributed by atoms with Crippen molar-refractivity contribution in [3.8, 4) is 91.3 Å². The van der Waals surface area contributed by atoms with Crippen LogP contribution in [0, 0.1) is 65.4 Å². The van der Waals surface area contributed by atoms with Gasteiger partial charge in [0.1, 0.15) is 0 Å². The van der Waals surface area contributed by atoms with Gasteiger partial charge in [0.25, 0.3) is 0 Å². The van der Waals surface area contributed by atoms with Crippen molar-refractivity contribution in [2.45, 2.75) is 6.92 Å². The van der Waals surface area contributed by atoms with Gasteiger partial charge >= 0.3 is 0 Å². The number of rotatable bonds is 7. The molecule has 0 aliphatic rings. The zero-order valence-electron chi connectivity index (χ0n) is 40.1. The maximum atomic E-state index is 10.9. The maximum absolute atomic E-state index is 10.9. The number of fused-ring (bicyclic) bond motifs is 6. The molecule has 0 aliphatic carbocycles. The van der Waals surface area contributed by atoms with Crippen LogP contribution in [0.3, 0.4) is 0 Å². The summed E-state index contributed by atoms with van der Waals surface area (Å²) in [7, 11) is 0. The average molecular weight is 953 g/mol. The van der Waals surface area contributed by atoms with Crippen LogP contribution in [0.1, 0.15) is 27.8 Å². The molecule has 8 heteroatoms. The first-order chi connectivity index (χ1) is 36.9. The van der Waals surface area contributed by atoms with E-state index in [9.17, 15) is 27.6 Å². The summed E-state index contributed by atoms with van der Waals surface area (Å²) < 4.78 is 4.25. The highest BCUT2D eigenvalue weighted by Crippen LogP contribution is 2.49. The molecule has 12 aromatic rings. The Morgan fingerprint density at radius 2 is 0.773 bits per heavy atom. The molecule has 0 unspecified atom stereocenters. The van der Waals surface area contributed by atoms with E-state index in [4.69, 9.17) is 6.57 Å². The zero-order chi connectivity index (χ0) is 51.3. The lowest BCUT2D eigenvalue weighted by molar-refractivity contribution is 1.14. The van der Waals surface area contributed by atoms with Crippen LogP contribution in [0.5, 0.6) is 0 Å². The summed E-state index contributed by atoms with van der Waals surface area (Å²) in [6, 6.07) is 73.9. The molecule has 0 aliphatic heterocycles. The minimum Gasteiger partial charge on any atom is -0.319 e. The number of hydrogen-bond donors (Lipinski definition) is 0. The fourth-order valence-corrected chi connectivity index (χ4v) is 10.9. The van der Waals surface area contributed by atoms with Crippen molar-refractivity contribution in [2.24, 2.45) is 0 Å². The molecule has 0 bridgehead atoms. The van der Waals surface area contributed by atoms with Gasteiger partial charge < -0.3 is 9.13 Å². The smallest absolute Gasteiger partial charge is 0.234 e. The van der Waals surface area contributed by atoms with E-state index in [1.807, 2.05) is 134 Å². The zero-order valence-corrected chi connectivity index (χ0v) is 40.1. The molecule has 0 saturated carbocycles. The SMILES string of the molecule is [C-]#[N+]c1ccccc1-c1ccc2c3ccc(-c4ccccc4C#N)cc3n(-c3ccc(-c4c(C)cccc4C#N)c(-n4c5cc(-c6ccccc6C#N)ccc5c5ccc(-c6ccccc6C#N)cc54)c3[N+]#[C-])c2c1. The van der Waals surface area contributed by atoms with Crippen LogP contribution >= 0.6 is 0 Å². The number of hydrogen-bond acceptors (Lipinski definition) is 4. The van der Waals surface area contributed by atoms with Crippen molar-refractivity contribution in [3.63, 3.8) is 0 Å². The number of aromatic nitrogens is 2. The van der Waals surface area contributed by atoms with Crippen LogP contribution in [0.25, 0.3) is 120 Å². The quantitative estimate of drug-likeness (QED) is 0.148. The van der Waals surface area contributed by atoms with Gasteiger partial charge in [-0.05, 0) is 117 Å². The van der Waals surface area contributed by atoms with Gasteiger partial charge in [0, 0.05) is 27.1 Å². The van der Waals surface area contributed by atoms with Crippen molar-refractivity contribution in [3.05, 3.63) is 251 Å². The second-order valence-electron chi connectivity index (χ2n) is 18.3. The van der Waals surface area contributed by atoms with Gasteiger partial charge in [-0.3, -0.25) is 0 Å². The summed E-state index contributed by atoms with van der Waals surface area (Å²) in [6.45, 7) is 19.5. The molecule has 0 N–H and O–H groups in total. The van der Waals surface area contributed by atoms with E-state index in [1.54, 1.807) is 24.3 Å². The van der Waals surface area contributed by atoms with Crippen LogP contribution in [0.2, 0.25) is 0 Å². The largest absolute Gasteiger partial charge is 0.319 e. The molecule has 75 heavy (non-hydrogen) atoms. The molecule has 0 saturated heterocycles. The Morgan fingerprint density at radius 3 is 1.21 bits per heavy atom. The van der Waals surface area contributed by atoms with Gasteiger partial charge in [0.2, 0.25) is 5.69 Å². The average Bonchev–Trinajstić information content (AvgIpc) is 4.05. The summed E-state index contributed by atoms with van der Waals surface area (Å²) in [5, 5.41) is 45.5. The highest BCUT2D eigenvalue weighted by atomic mass is 15.1. The van der Waals surface area contributed by atoms with Gasteiger partial charge in [0.15, 0.2) is 5.69 Å². The third-order valence-corrected chi connectivity index (χ3v) is 14.3. The summed E-state index contributed by atoms with van der Waals surface area (Å²) in [5.74, 6) is 0. The first-order valence-electron chi connectivity index (χ1n) is 24.0. The number of benzene rings is 10. The first-order valence-corrected chi connectivity index (χ1v) is 24.0.